The van der Waals surface area contributed by atoms with Crippen LogP contribution in [0.3, 0.4) is 0 Å². The highest BCUT2D eigenvalue weighted by molar-refractivity contribution is 6.29. The Morgan fingerprint density at radius 3 is 2.95 bits per heavy atom. The molecule has 2 aromatic rings. The average Bonchev–Trinajstić information content (AvgIpc) is 2.37. The first kappa shape index (κ1) is 13.1. The molecule has 0 aliphatic carbocycles. The van der Waals surface area contributed by atoms with Crippen LogP contribution in [0.4, 0.5) is 5.82 Å². The zero-order valence-corrected chi connectivity index (χ0v) is 10.5. The molecule has 1 heterocycles. The molecule has 2 rings (SSSR count). The van der Waals surface area contributed by atoms with Gasteiger partial charge in [0.2, 0.25) is 5.28 Å². The Hall–Kier alpha value is -2.34. The molecule has 0 bridgehead atoms. The Balaban J connectivity index is 2.37. The van der Waals surface area contributed by atoms with E-state index in [-0.39, 0.29) is 23.3 Å². The molecule has 0 unspecified atom stereocenters. The smallest absolute Gasteiger partial charge is 0.225 e. The van der Waals surface area contributed by atoms with Crippen molar-refractivity contribution in [2.75, 3.05) is 11.9 Å². The van der Waals surface area contributed by atoms with Gasteiger partial charge in [-0.25, -0.2) is 9.97 Å². The van der Waals surface area contributed by atoms with Gasteiger partial charge in [0, 0.05) is 5.39 Å². The summed E-state index contributed by atoms with van der Waals surface area (Å²) in [4.78, 5) is 7.98. The van der Waals surface area contributed by atoms with E-state index in [1.807, 2.05) is 0 Å². The van der Waals surface area contributed by atoms with Crippen molar-refractivity contribution in [1.82, 2.24) is 9.97 Å². The summed E-state index contributed by atoms with van der Waals surface area (Å²) >= 11 is 5.79. The third kappa shape index (κ3) is 2.92. The zero-order valence-electron chi connectivity index (χ0n) is 9.76. The molecule has 98 valence electrons. The number of phenolic OH excluding ortho intramolecular Hbond substituents is 1. The third-order valence-corrected chi connectivity index (χ3v) is 2.57. The fourth-order valence-corrected chi connectivity index (χ4v) is 1.74. The number of nitrogens with zero attached hydrogens (tertiary/aromatic N) is 2. The van der Waals surface area contributed by atoms with Crippen molar-refractivity contribution in [2.45, 2.75) is 0 Å². The number of aliphatic hydroxyl groups is 1. The molecule has 0 spiro atoms. The van der Waals surface area contributed by atoms with Gasteiger partial charge in [0.1, 0.15) is 17.1 Å². The standard InChI is InChI=1S/C12H11ClN4O2/c13-12-16-10-8(2-1-3-9(10)19)11(17-12)15-6-7(14)4-5-18/h1-5,14,18-19H,6H2,(H,15,16,17)/b5-4-,14-7?. The van der Waals surface area contributed by atoms with Gasteiger partial charge in [-0.15, -0.1) is 0 Å². The van der Waals surface area contributed by atoms with Gasteiger partial charge in [-0.05, 0) is 29.8 Å². The highest BCUT2D eigenvalue weighted by Gasteiger charge is 2.09. The first-order chi connectivity index (χ1) is 9.11. The van der Waals surface area contributed by atoms with Crippen LogP contribution < -0.4 is 5.32 Å². The minimum absolute atomic E-state index is 0.000677. The topological polar surface area (TPSA) is 102 Å². The third-order valence-electron chi connectivity index (χ3n) is 2.40. The number of aromatic hydroxyl groups is 1. The van der Waals surface area contributed by atoms with E-state index in [0.29, 0.717) is 16.7 Å². The monoisotopic (exact) mass is 278 g/mol. The van der Waals surface area contributed by atoms with Crippen LogP contribution in [0, 0.1) is 5.41 Å². The number of halogens is 1. The quantitative estimate of drug-likeness (QED) is 0.391. The largest absolute Gasteiger partial charge is 0.516 e. The van der Waals surface area contributed by atoms with E-state index in [2.05, 4.69) is 15.3 Å². The number of hydrogen-bond acceptors (Lipinski definition) is 6. The van der Waals surface area contributed by atoms with Gasteiger partial charge in [0.15, 0.2) is 0 Å². The van der Waals surface area contributed by atoms with Crippen molar-refractivity contribution in [3.63, 3.8) is 0 Å². The fraction of sp³-hybridized carbons (Fsp3) is 0.0833. The summed E-state index contributed by atoms with van der Waals surface area (Å²) in [6.07, 6.45) is 2.04. The molecular formula is C12H11ClN4O2. The molecule has 19 heavy (non-hydrogen) atoms. The predicted octanol–water partition coefficient (Wildman–Crippen LogP) is 2.49. The normalized spacial score (nSPS) is 11.0. The van der Waals surface area contributed by atoms with Crippen molar-refractivity contribution in [2.24, 2.45) is 0 Å². The van der Waals surface area contributed by atoms with Crippen LogP contribution >= 0.6 is 11.6 Å². The SMILES string of the molecule is N=C(/C=C\O)CNc1nc(Cl)nc2c(O)cccc12. The highest BCUT2D eigenvalue weighted by Crippen LogP contribution is 2.28. The molecule has 0 radical (unpaired) electrons. The summed E-state index contributed by atoms with van der Waals surface area (Å²) in [5.41, 5.74) is 0.514. The molecule has 0 saturated carbocycles. The molecule has 0 aliphatic heterocycles. The van der Waals surface area contributed by atoms with Crippen molar-refractivity contribution in [3.8, 4) is 5.75 Å². The molecule has 0 aliphatic rings. The van der Waals surface area contributed by atoms with Gasteiger partial charge in [-0.3, -0.25) is 0 Å². The van der Waals surface area contributed by atoms with Gasteiger partial charge in [-0.1, -0.05) is 6.07 Å². The number of nitrogens with one attached hydrogen (secondary N) is 2. The Bertz CT molecular complexity index is 657. The van der Waals surface area contributed by atoms with Crippen LogP contribution in [-0.4, -0.2) is 32.4 Å². The number of fused-ring (bicyclic) bond motifs is 1. The van der Waals surface area contributed by atoms with Crippen molar-refractivity contribution in [1.29, 1.82) is 5.41 Å². The second-order valence-corrected chi connectivity index (χ2v) is 4.05. The second-order valence-electron chi connectivity index (χ2n) is 3.71. The number of rotatable bonds is 4. The highest BCUT2D eigenvalue weighted by atomic mass is 35.5. The molecule has 0 fully saturated rings. The van der Waals surface area contributed by atoms with Crippen LogP contribution in [0.2, 0.25) is 5.28 Å². The van der Waals surface area contributed by atoms with Gasteiger partial charge in [-0.2, -0.15) is 0 Å². The number of para-hydroxylation sites is 1. The fourth-order valence-electron chi connectivity index (χ4n) is 1.57. The molecule has 7 heteroatoms. The molecule has 0 atom stereocenters. The van der Waals surface area contributed by atoms with Crippen molar-refractivity contribution in [3.05, 3.63) is 35.8 Å². The van der Waals surface area contributed by atoms with Gasteiger partial charge < -0.3 is 20.9 Å². The zero-order chi connectivity index (χ0) is 13.8. The van der Waals surface area contributed by atoms with Crippen molar-refractivity contribution < 1.29 is 10.2 Å². The Kier molecular flexibility index (Phi) is 3.82. The van der Waals surface area contributed by atoms with E-state index in [0.717, 1.165) is 6.26 Å². The van der Waals surface area contributed by atoms with E-state index in [4.69, 9.17) is 22.1 Å². The van der Waals surface area contributed by atoms with E-state index < -0.39 is 0 Å². The molecule has 0 amide bonds. The maximum atomic E-state index is 9.72. The Morgan fingerprint density at radius 2 is 2.21 bits per heavy atom. The van der Waals surface area contributed by atoms with E-state index in [9.17, 15) is 5.11 Å². The lowest BCUT2D eigenvalue weighted by Gasteiger charge is -2.09. The summed E-state index contributed by atoms with van der Waals surface area (Å²) in [5, 5.41) is 29.3. The Labute approximate surface area is 113 Å². The van der Waals surface area contributed by atoms with Crippen LogP contribution in [0.25, 0.3) is 10.9 Å². The van der Waals surface area contributed by atoms with Gasteiger partial charge in [0.05, 0.1) is 18.5 Å². The second kappa shape index (κ2) is 5.53. The number of hydrogen-bond donors (Lipinski definition) is 4. The number of aliphatic hydroxyl groups excluding tert-OH is 1. The van der Waals surface area contributed by atoms with Crippen LogP contribution in [0.1, 0.15) is 0 Å². The lowest BCUT2D eigenvalue weighted by atomic mass is 10.2. The van der Waals surface area contributed by atoms with E-state index in [1.54, 1.807) is 12.1 Å². The van der Waals surface area contributed by atoms with E-state index >= 15 is 0 Å². The van der Waals surface area contributed by atoms with Crippen LogP contribution in [-0.2, 0) is 0 Å². The molecule has 1 aromatic heterocycles. The Morgan fingerprint density at radius 1 is 1.42 bits per heavy atom. The summed E-state index contributed by atoms with van der Waals surface area (Å²) in [5.74, 6) is 0.428. The predicted molar refractivity (Wildman–Crippen MR) is 74.2 cm³/mol. The molecule has 0 saturated heterocycles. The van der Waals surface area contributed by atoms with Crippen LogP contribution in [0.15, 0.2) is 30.5 Å². The van der Waals surface area contributed by atoms with Gasteiger partial charge in [0.25, 0.3) is 0 Å². The van der Waals surface area contributed by atoms with E-state index in [1.165, 1.54) is 12.1 Å². The first-order valence-electron chi connectivity index (χ1n) is 5.39. The summed E-state index contributed by atoms with van der Waals surface area (Å²) in [7, 11) is 0. The minimum Gasteiger partial charge on any atom is -0.516 e. The average molecular weight is 279 g/mol. The minimum atomic E-state index is 0.000677. The van der Waals surface area contributed by atoms with Gasteiger partial charge >= 0.3 is 0 Å². The summed E-state index contributed by atoms with van der Waals surface area (Å²) in [6.45, 7) is 0.162. The maximum absolute atomic E-state index is 9.72. The number of benzene rings is 1. The molecular weight excluding hydrogens is 268 g/mol. The molecule has 6 nitrogen and oxygen atoms in total. The molecule has 1 aromatic carbocycles. The first-order valence-corrected chi connectivity index (χ1v) is 5.77. The number of anilines is 1. The lowest BCUT2D eigenvalue weighted by Crippen LogP contribution is -2.12. The summed E-state index contributed by atoms with van der Waals surface area (Å²) in [6, 6.07) is 4.91. The maximum Gasteiger partial charge on any atom is 0.225 e. The van der Waals surface area contributed by atoms with Crippen molar-refractivity contribution >= 4 is 34.0 Å². The molecule has 4 N–H and O–H groups in total. The number of aromatic nitrogens is 2. The number of phenols is 1. The lowest BCUT2D eigenvalue weighted by molar-refractivity contribution is 0.474. The van der Waals surface area contributed by atoms with Crippen LogP contribution in [0.5, 0.6) is 5.75 Å². The summed E-state index contributed by atoms with van der Waals surface area (Å²) < 4.78 is 0.